The fraction of sp³-hybridized carbons (Fsp3) is 0.438. The van der Waals surface area contributed by atoms with Gasteiger partial charge in [0.1, 0.15) is 5.71 Å². The predicted molar refractivity (Wildman–Crippen MR) is 76.7 cm³/mol. The molecule has 2 rings (SSSR count). The summed E-state index contributed by atoms with van der Waals surface area (Å²) >= 11 is 0. The van der Waals surface area contributed by atoms with Crippen LogP contribution in [0.2, 0.25) is 0 Å². The van der Waals surface area contributed by atoms with Crippen LogP contribution >= 0.6 is 0 Å². The molecule has 0 spiro atoms. The van der Waals surface area contributed by atoms with Crippen LogP contribution in [0.5, 0.6) is 0 Å². The standard InChI is InChI=1S/C16H19NO3/c1-2-14(18)15(17)12-7-11(10-5-3-4-6-10)8-13(9-12)16(19)20/h7-10,17H,2-6H2,1H3,(H,19,20). The number of carbonyl (C=O) groups is 2. The third-order valence-corrected chi connectivity index (χ3v) is 3.92. The molecule has 20 heavy (non-hydrogen) atoms. The third kappa shape index (κ3) is 2.95. The van der Waals surface area contributed by atoms with E-state index >= 15 is 0 Å². The maximum Gasteiger partial charge on any atom is 0.335 e. The van der Waals surface area contributed by atoms with Gasteiger partial charge < -0.3 is 5.11 Å². The van der Waals surface area contributed by atoms with E-state index in [4.69, 9.17) is 5.41 Å². The van der Waals surface area contributed by atoms with E-state index < -0.39 is 5.97 Å². The van der Waals surface area contributed by atoms with E-state index in [2.05, 4.69) is 0 Å². The molecule has 0 amide bonds. The maximum atomic E-state index is 11.7. The Kier molecular flexibility index (Phi) is 4.32. The molecule has 2 N–H and O–H groups in total. The first-order valence-corrected chi connectivity index (χ1v) is 7.03. The minimum absolute atomic E-state index is 0.0881. The van der Waals surface area contributed by atoms with Gasteiger partial charge in [-0.25, -0.2) is 4.79 Å². The zero-order chi connectivity index (χ0) is 14.7. The minimum atomic E-state index is -1.01. The normalized spacial score (nSPS) is 15.2. The number of benzene rings is 1. The van der Waals surface area contributed by atoms with Gasteiger partial charge in [0.15, 0.2) is 5.78 Å². The lowest BCUT2D eigenvalue weighted by Gasteiger charge is -2.13. The van der Waals surface area contributed by atoms with Crippen LogP contribution in [-0.4, -0.2) is 22.6 Å². The zero-order valence-corrected chi connectivity index (χ0v) is 11.6. The summed E-state index contributed by atoms with van der Waals surface area (Å²) in [5.74, 6) is -0.912. The van der Waals surface area contributed by atoms with Gasteiger partial charge in [-0.05, 0) is 42.5 Å². The highest BCUT2D eigenvalue weighted by Crippen LogP contribution is 2.35. The summed E-state index contributed by atoms with van der Waals surface area (Å²) in [4.78, 5) is 22.9. The number of Topliss-reactive ketones (excluding diaryl/α,β-unsaturated/α-hetero) is 1. The Bertz CT molecular complexity index is 557. The van der Waals surface area contributed by atoms with Gasteiger partial charge in [-0.2, -0.15) is 0 Å². The molecule has 0 bridgehead atoms. The van der Waals surface area contributed by atoms with E-state index in [9.17, 15) is 14.7 Å². The maximum absolute atomic E-state index is 11.7. The molecule has 106 valence electrons. The first-order chi connectivity index (χ1) is 9.52. The molecule has 0 atom stereocenters. The van der Waals surface area contributed by atoms with Gasteiger partial charge in [-0.3, -0.25) is 10.2 Å². The molecular weight excluding hydrogens is 254 g/mol. The van der Waals surface area contributed by atoms with Gasteiger partial charge in [-0.15, -0.1) is 0 Å². The Balaban J connectivity index is 2.43. The molecule has 0 heterocycles. The van der Waals surface area contributed by atoms with Crippen LogP contribution < -0.4 is 0 Å². The van der Waals surface area contributed by atoms with Gasteiger partial charge >= 0.3 is 5.97 Å². The highest BCUT2D eigenvalue weighted by atomic mass is 16.4. The fourth-order valence-corrected chi connectivity index (χ4v) is 2.75. The smallest absolute Gasteiger partial charge is 0.335 e. The van der Waals surface area contributed by atoms with E-state index in [1.54, 1.807) is 13.0 Å². The lowest BCUT2D eigenvalue weighted by atomic mass is 9.91. The number of carboxylic acids is 1. The molecule has 4 nitrogen and oxygen atoms in total. The summed E-state index contributed by atoms with van der Waals surface area (Å²) in [6, 6.07) is 4.93. The minimum Gasteiger partial charge on any atom is -0.478 e. The Hall–Kier alpha value is -1.97. The van der Waals surface area contributed by atoms with Crippen molar-refractivity contribution in [3.05, 3.63) is 34.9 Å². The van der Waals surface area contributed by atoms with Crippen molar-refractivity contribution in [3.63, 3.8) is 0 Å². The van der Waals surface area contributed by atoms with Crippen molar-refractivity contribution in [2.24, 2.45) is 0 Å². The van der Waals surface area contributed by atoms with Crippen molar-refractivity contribution >= 4 is 17.5 Å². The van der Waals surface area contributed by atoms with Crippen LogP contribution in [0.1, 0.15) is 66.4 Å². The Morgan fingerprint density at radius 2 is 1.80 bits per heavy atom. The quantitative estimate of drug-likeness (QED) is 0.807. The molecule has 1 aliphatic carbocycles. The van der Waals surface area contributed by atoms with Gasteiger partial charge in [0.25, 0.3) is 0 Å². The molecule has 0 aliphatic heterocycles. The molecule has 1 aromatic rings. The summed E-state index contributed by atoms with van der Waals surface area (Å²) in [5.41, 5.74) is 1.46. The van der Waals surface area contributed by atoms with E-state index in [1.807, 2.05) is 6.07 Å². The third-order valence-electron chi connectivity index (χ3n) is 3.92. The van der Waals surface area contributed by atoms with Crippen molar-refractivity contribution in [1.82, 2.24) is 0 Å². The van der Waals surface area contributed by atoms with E-state index in [1.165, 1.54) is 6.07 Å². The summed E-state index contributed by atoms with van der Waals surface area (Å²) < 4.78 is 0. The van der Waals surface area contributed by atoms with Gasteiger partial charge in [0.2, 0.25) is 0 Å². The van der Waals surface area contributed by atoms with Gasteiger partial charge in [0, 0.05) is 12.0 Å². The Labute approximate surface area is 118 Å². The second-order valence-corrected chi connectivity index (χ2v) is 5.28. The predicted octanol–water partition coefficient (Wildman–Crippen LogP) is 3.39. The summed E-state index contributed by atoms with van der Waals surface area (Å²) in [6.45, 7) is 1.70. The molecule has 0 aromatic heterocycles. The van der Waals surface area contributed by atoms with Crippen molar-refractivity contribution in [3.8, 4) is 0 Å². The Morgan fingerprint density at radius 1 is 1.20 bits per heavy atom. The number of ketones is 1. The summed E-state index contributed by atoms with van der Waals surface area (Å²) in [5, 5.41) is 17.1. The molecule has 0 saturated heterocycles. The van der Waals surface area contributed by atoms with Gasteiger partial charge in [-0.1, -0.05) is 19.8 Å². The molecule has 0 radical (unpaired) electrons. The number of hydrogen-bond acceptors (Lipinski definition) is 3. The first-order valence-electron chi connectivity index (χ1n) is 7.03. The number of carboxylic acid groups (broad SMARTS) is 1. The molecule has 1 aliphatic rings. The second-order valence-electron chi connectivity index (χ2n) is 5.28. The summed E-state index contributed by atoms with van der Waals surface area (Å²) in [7, 11) is 0. The molecule has 0 unspecified atom stereocenters. The number of carbonyl (C=O) groups excluding carboxylic acids is 1. The van der Waals surface area contributed by atoms with Crippen molar-refractivity contribution < 1.29 is 14.7 Å². The van der Waals surface area contributed by atoms with Crippen LogP contribution in [0, 0.1) is 5.41 Å². The number of rotatable bonds is 5. The van der Waals surface area contributed by atoms with Crippen molar-refractivity contribution in [1.29, 1.82) is 5.41 Å². The molecule has 1 fully saturated rings. The topological polar surface area (TPSA) is 78.2 Å². The highest BCUT2D eigenvalue weighted by Gasteiger charge is 2.21. The number of aromatic carboxylic acids is 1. The van der Waals surface area contributed by atoms with Crippen LogP contribution in [0.25, 0.3) is 0 Å². The number of hydrogen-bond donors (Lipinski definition) is 2. The lowest BCUT2D eigenvalue weighted by Crippen LogP contribution is -2.14. The van der Waals surface area contributed by atoms with E-state index in [-0.39, 0.29) is 23.5 Å². The van der Waals surface area contributed by atoms with Crippen LogP contribution in [0.15, 0.2) is 18.2 Å². The first kappa shape index (κ1) is 14.4. The molecule has 4 heteroatoms. The van der Waals surface area contributed by atoms with Crippen LogP contribution in [0.4, 0.5) is 0 Å². The zero-order valence-electron chi connectivity index (χ0n) is 11.6. The van der Waals surface area contributed by atoms with Crippen LogP contribution in [0.3, 0.4) is 0 Å². The van der Waals surface area contributed by atoms with Crippen molar-refractivity contribution in [2.75, 3.05) is 0 Å². The second kappa shape index (κ2) is 5.99. The highest BCUT2D eigenvalue weighted by molar-refractivity contribution is 6.45. The average molecular weight is 273 g/mol. The summed E-state index contributed by atoms with van der Waals surface area (Å²) in [6.07, 6.45) is 4.68. The lowest BCUT2D eigenvalue weighted by molar-refractivity contribution is -0.112. The monoisotopic (exact) mass is 273 g/mol. The Morgan fingerprint density at radius 3 is 2.35 bits per heavy atom. The van der Waals surface area contributed by atoms with Gasteiger partial charge in [0.05, 0.1) is 5.56 Å². The molecule has 1 aromatic carbocycles. The molecule has 1 saturated carbocycles. The molecular formula is C16H19NO3. The number of nitrogens with one attached hydrogen (secondary N) is 1. The van der Waals surface area contributed by atoms with Crippen molar-refractivity contribution in [2.45, 2.75) is 44.9 Å². The van der Waals surface area contributed by atoms with E-state index in [0.717, 1.165) is 31.2 Å². The fourth-order valence-electron chi connectivity index (χ4n) is 2.75. The van der Waals surface area contributed by atoms with E-state index in [0.29, 0.717) is 11.5 Å². The largest absolute Gasteiger partial charge is 0.478 e. The average Bonchev–Trinajstić information content (AvgIpc) is 2.99. The SMILES string of the molecule is CCC(=O)C(=N)c1cc(C(=O)O)cc(C2CCCC2)c1. The van der Waals surface area contributed by atoms with Crippen LogP contribution in [-0.2, 0) is 4.79 Å².